The predicted octanol–water partition coefficient (Wildman–Crippen LogP) is 4.66. The summed E-state index contributed by atoms with van der Waals surface area (Å²) in [6, 6.07) is 4.80. The van der Waals surface area contributed by atoms with Gasteiger partial charge >= 0.3 is 5.69 Å². The third-order valence-electron chi connectivity index (χ3n) is 5.34. The van der Waals surface area contributed by atoms with Crippen LogP contribution in [0.25, 0.3) is 0 Å². The SMILES string of the molecule is COc1cc(F)c([N+](=O)[O-])cc1Nc1ncnc(Nc2cc(C3CC3)c(F)cc2C(C)(C)O)n1. The van der Waals surface area contributed by atoms with Crippen LogP contribution in [0, 0.1) is 21.7 Å². The molecular formula is C22H22F2N6O4. The summed E-state index contributed by atoms with van der Waals surface area (Å²) in [7, 11) is 1.29. The van der Waals surface area contributed by atoms with Gasteiger partial charge in [0, 0.05) is 23.4 Å². The molecule has 0 aliphatic heterocycles. The van der Waals surface area contributed by atoms with E-state index in [1.165, 1.54) is 33.4 Å². The Morgan fingerprint density at radius 3 is 2.29 bits per heavy atom. The fraction of sp³-hybridized carbons (Fsp3) is 0.318. The summed E-state index contributed by atoms with van der Waals surface area (Å²) in [4.78, 5) is 22.5. The number of nitrogens with zero attached hydrogens (tertiary/aromatic N) is 4. The van der Waals surface area contributed by atoms with Gasteiger partial charge in [0.25, 0.3) is 0 Å². The van der Waals surface area contributed by atoms with Gasteiger partial charge in [-0.25, -0.2) is 14.4 Å². The van der Waals surface area contributed by atoms with Crippen LogP contribution in [0.4, 0.5) is 37.7 Å². The topological polar surface area (TPSA) is 135 Å². The largest absolute Gasteiger partial charge is 0.494 e. The minimum Gasteiger partial charge on any atom is -0.494 e. The maximum absolute atomic E-state index is 14.6. The van der Waals surface area contributed by atoms with Crippen molar-refractivity contribution in [1.29, 1.82) is 0 Å². The second kappa shape index (κ2) is 8.78. The van der Waals surface area contributed by atoms with Gasteiger partial charge in [0.1, 0.15) is 17.9 Å². The Labute approximate surface area is 193 Å². The van der Waals surface area contributed by atoms with E-state index < -0.39 is 22.0 Å². The van der Waals surface area contributed by atoms with Crippen LogP contribution in [0.5, 0.6) is 5.75 Å². The fourth-order valence-corrected chi connectivity index (χ4v) is 3.51. The zero-order valence-electron chi connectivity index (χ0n) is 18.6. The molecule has 0 spiro atoms. The second-order valence-corrected chi connectivity index (χ2v) is 8.40. The molecule has 0 unspecified atom stereocenters. The number of halogens is 2. The molecule has 12 heteroatoms. The molecule has 1 fully saturated rings. The van der Waals surface area contributed by atoms with E-state index in [1.807, 2.05) is 0 Å². The lowest BCUT2D eigenvalue weighted by atomic mass is 9.93. The molecule has 1 saturated carbocycles. The van der Waals surface area contributed by atoms with Crippen molar-refractivity contribution in [1.82, 2.24) is 15.0 Å². The van der Waals surface area contributed by atoms with Crippen molar-refractivity contribution in [2.24, 2.45) is 0 Å². The highest BCUT2D eigenvalue weighted by Crippen LogP contribution is 2.44. The second-order valence-electron chi connectivity index (χ2n) is 8.40. The number of benzene rings is 2. The lowest BCUT2D eigenvalue weighted by Crippen LogP contribution is -2.19. The molecule has 3 aromatic rings. The summed E-state index contributed by atoms with van der Waals surface area (Å²) in [6.45, 7) is 3.08. The van der Waals surface area contributed by atoms with Crippen LogP contribution in [0.3, 0.4) is 0 Å². The third-order valence-corrected chi connectivity index (χ3v) is 5.34. The van der Waals surface area contributed by atoms with E-state index in [0.29, 0.717) is 16.8 Å². The Kier molecular flexibility index (Phi) is 6.00. The van der Waals surface area contributed by atoms with E-state index in [1.54, 1.807) is 6.07 Å². The van der Waals surface area contributed by atoms with Gasteiger partial charge in [0.2, 0.25) is 17.7 Å². The van der Waals surface area contributed by atoms with Crippen molar-refractivity contribution in [3.05, 3.63) is 63.5 Å². The molecule has 10 nitrogen and oxygen atoms in total. The molecule has 178 valence electrons. The highest BCUT2D eigenvalue weighted by atomic mass is 19.1. The molecule has 4 rings (SSSR count). The number of nitro groups is 1. The first-order valence-electron chi connectivity index (χ1n) is 10.4. The molecule has 0 radical (unpaired) electrons. The van der Waals surface area contributed by atoms with Gasteiger partial charge in [-0.05, 0) is 50.3 Å². The molecule has 1 aliphatic carbocycles. The number of rotatable bonds is 8. The minimum atomic E-state index is -1.35. The van der Waals surface area contributed by atoms with E-state index in [2.05, 4.69) is 25.6 Å². The number of hydrogen-bond donors (Lipinski definition) is 3. The van der Waals surface area contributed by atoms with E-state index in [0.717, 1.165) is 25.0 Å². The van der Waals surface area contributed by atoms with Crippen LogP contribution < -0.4 is 15.4 Å². The number of methoxy groups -OCH3 is 1. The monoisotopic (exact) mass is 472 g/mol. The summed E-state index contributed by atoms with van der Waals surface area (Å²) in [5, 5.41) is 27.4. The average Bonchev–Trinajstić information content (AvgIpc) is 3.60. The van der Waals surface area contributed by atoms with Gasteiger partial charge < -0.3 is 20.5 Å². The predicted molar refractivity (Wildman–Crippen MR) is 120 cm³/mol. The summed E-state index contributed by atoms with van der Waals surface area (Å²) in [5.74, 6) is -1.22. The van der Waals surface area contributed by atoms with Crippen molar-refractivity contribution < 1.29 is 23.5 Å². The molecule has 0 atom stereocenters. The first-order valence-corrected chi connectivity index (χ1v) is 10.4. The molecule has 1 aliphatic rings. The number of nitro benzene ring substituents is 1. The quantitative estimate of drug-likeness (QED) is 0.316. The van der Waals surface area contributed by atoms with Crippen molar-refractivity contribution in [3.8, 4) is 5.75 Å². The first-order chi connectivity index (χ1) is 16.1. The maximum Gasteiger partial charge on any atom is 0.307 e. The summed E-state index contributed by atoms with van der Waals surface area (Å²) in [6.07, 6.45) is 2.98. The van der Waals surface area contributed by atoms with Crippen LogP contribution in [0.1, 0.15) is 43.7 Å². The van der Waals surface area contributed by atoms with Crippen LogP contribution in [0.15, 0.2) is 30.6 Å². The van der Waals surface area contributed by atoms with Gasteiger partial charge in [0.05, 0.1) is 23.3 Å². The summed E-state index contributed by atoms with van der Waals surface area (Å²) < 4.78 is 33.6. The van der Waals surface area contributed by atoms with Crippen LogP contribution in [0.2, 0.25) is 0 Å². The third kappa shape index (κ3) is 4.86. The molecule has 0 bridgehead atoms. The van der Waals surface area contributed by atoms with Crippen molar-refractivity contribution in [2.45, 2.75) is 38.2 Å². The van der Waals surface area contributed by atoms with Crippen molar-refractivity contribution in [3.63, 3.8) is 0 Å². The van der Waals surface area contributed by atoms with Gasteiger partial charge in [-0.3, -0.25) is 10.1 Å². The van der Waals surface area contributed by atoms with Crippen LogP contribution in [-0.4, -0.2) is 32.1 Å². The van der Waals surface area contributed by atoms with Crippen LogP contribution in [-0.2, 0) is 5.60 Å². The molecule has 0 saturated heterocycles. The highest BCUT2D eigenvalue weighted by Gasteiger charge is 2.30. The Morgan fingerprint density at radius 1 is 1.09 bits per heavy atom. The molecule has 1 aromatic heterocycles. The summed E-state index contributed by atoms with van der Waals surface area (Å²) >= 11 is 0. The van der Waals surface area contributed by atoms with E-state index in [-0.39, 0.29) is 35.1 Å². The zero-order chi connectivity index (χ0) is 24.6. The number of anilines is 4. The Hall–Kier alpha value is -3.93. The number of aliphatic hydroxyl groups is 1. The van der Waals surface area contributed by atoms with Crippen molar-refractivity contribution in [2.75, 3.05) is 17.7 Å². The first kappa shape index (κ1) is 23.2. The van der Waals surface area contributed by atoms with E-state index in [4.69, 9.17) is 4.74 Å². The lowest BCUT2D eigenvalue weighted by molar-refractivity contribution is -0.387. The molecular weight excluding hydrogens is 450 g/mol. The smallest absolute Gasteiger partial charge is 0.307 e. The molecule has 0 amide bonds. The van der Waals surface area contributed by atoms with Crippen molar-refractivity contribution >= 4 is 29.0 Å². The van der Waals surface area contributed by atoms with Gasteiger partial charge in [-0.1, -0.05) is 0 Å². The number of hydrogen-bond acceptors (Lipinski definition) is 9. The molecule has 3 N–H and O–H groups in total. The molecule has 1 heterocycles. The molecule has 34 heavy (non-hydrogen) atoms. The van der Waals surface area contributed by atoms with E-state index >= 15 is 0 Å². The number of nitrogens with one attached hydrogen (secondary N) is 2. The number of aromatic nitrogens is 3. The lowest BCUT2D eigenvalue weighted by Gasteiger charge is -2.23. The van der Waals surface area contributed by atoms with Gasteiger partial charge in [-0.15, -0.1) is 0 Å². The Morgan fingerprint density at radius 2 is 1.74 bits per heavy atom. The highest BCUT2D eigenvalue weighted by molar-refractivity contribution is 5.68. The Bertz CT molecular complexity index is 1260. The fourth-order valence-electron chi connectivity index (χ4n) is 3.51. The standard InChI is InChI=1S/C22H22F2N6O4/c1-22(2,31)13-7-14(23)12(11-4-5-11)6-16(13)27-20-25-10-26-21(29-20)28-17-9-18(30(32)33)15(24)8-19(17)34-3/h6-11,31H,4-5H2,1-3H3,(H2,25,26,27,28,29). The van der Waals surface area contributed by atoms with Gasteiger partial charge in [-0.2, -0.15) is 9.37 Å². The maximum atomic E-state index is 14.6. The zero-order valence-corrected chi connectivity index (χ0v) is 18.6. The summed E-state index contributed by atoms with van der Waals surface area (Å²) in [5.41, 5.74) is -0.721. The Balaban J connectivity index is 1.67. The molecule has 2 aromatic carbocycles. The minimum absolute atomic E-state index is 0.00829. The normalized spacial score (nSPS) is 13.5. The number of ether oxygens (including phenoxy) is 1. The van der Waals surface area contributed by atoms with Crippen LogP contribution >= 0.6 is 0 Å². The average molecular weight is 472 g/mol. The van der Waals surface area contributed by atoms with E-state index in [9.17, 15) is 24.0 Å². The van der Waals surface area contributed by atoms with Gasteiger partial charge in [0.15, 0.2) is 0 Å².